The number of hydrogen-bond acceptors (Lipinski definition) is 4. The first kappa shape index (κ1) is 22.4. The van der Waals surface area contributed by atoms with Gasteiger partial charge in [0.15, 0.2) is 6.61 Å². The largest absolute Gasteiger partial charge is 0.484 e. The van der Waals surface area contributed by atoms with Gasteiger partial charge in [0.2, 0.25) is 10.0 Å². The second-order valence-electron chi connectivity index (χ2n) is 6.19. The molecule has 2 rings (SSSR count). The third-order valence-electron chi connectivity index (χ3n) is 4.26. The highest BCUT2D eigenvalue weighted by Crippen LogP contribution is 2.20. The lowest BCUT2D eigenvalue weighted by Crippen LogP contribution is -2.31. The van der Waals surface area contributed by atoms with Crippen molar-refractivity contribution in [2.45, 2.75) is 31.7 Å². The van der Waals surface area contributed by atoms with Gasteiger partial charge in [-0.3, -0.25) is 4.79 Å². The molecule has 0 aromatic heterocycles. The van der Waals surface area contributed by atoms with Crippen molar-refractivity contribution < 1.29 is 17.9 Å². The summed E-state index contributed by atoms with van der Waals surface area (Å²) in [7, 11) is -3.50. The van der Waals surface area contributed by atoms with Crippen LogP contribution < -0.4 is 10.1 Å². The molecule has 8 heteroatoms. The van der Waals surface area contributed by atoms with E-state index >= 15 is 0 Å². The zero-order valence-corrected chi connectivity index (χ0v) is 18.6. The van der Waals surface area contributed by atoms with Crippen LogP contribution in [-0.4, -0.2) is 38.3 Å². The van der Waals surface area contributed by atoms with Crippen LogP contribution in [0.2, 0.25) is 0 Å². The summed E-state index contributed by atoms with van der Waals surface area (Å²) in [6.45, 7) is 6.16. The Labute approximate surface area is 175 Å². The minimum absolute atomic E-state index is 0.152. The van der Waals surface area contributed by atoms with Crippen LogP contribution in [0.1, 0.15) is 32.4 Å². The van der Waals surface area contributed by atoms with Gasteiger partial charge in [-0.2, -0.15) is 4.31 Å². The predicted octanol–water partition coefficient (Wildman–Crippen LogP) is 3.74. The number of sulfonamides is 1. The lowest BCUT2D eigenvalue weighted by atomic mass is 10.1. The molecule has 0 fully saturated rings. The van der Waals surface area contributed by atoms with Crippen molar-refractivity contribution >= 4 is 31.9 Å². The Bertz CT molecular complexity index is 897. The molecule has 152 valence electrons. The van der Waals surface area contributed by atoms with E-state index in [-0.39, 0.29) is 23.5 Å². The van der Waals surface area contributed by atoms with Crippen molar-refractivity contribution in [3.05, 3.63) is 58.6 Å². The highest BCUT2D eigenvalue weighted by Gasteiger charge is 2.21. The lowest BCUT2D eigenvalue weighted by Gasteiger charge is -2.18. The molecule has 6 nitrogen and oxygen atoms in total. The Balaban J connectivity index is 1.93. The van der Waals surface area contributed by atoms with Crippen LogP contribution in [0.3, 0.4) is 0 Å². The van der Waals surface area contributed by atoms with Crippen molar-refractivity contribution in [3.63, 3.8) is 0 Å². The normalized spacial score (nSPS) is 12.6. The molecule has 0 aliphatic carbocycles. The maximum absolute atomic E-state index is 12.5. The first-order valence-corrected chi connectivity index (χ1v) is 11.3. The molecular weight excluding hydrogens is 444 g/mol. The fourth-order valence-corrected chi connectivity index (χ4v) is 4.59. The molecule has 2 aromatic rings. The SMILES string of the molecule is CCN(CC)S(=O)(=O)c1ccc(OCC(=O)N[C@H](C)c2cccc(Br)c2)cc1. The van der Waals surface area contributed by atoms with Crippen LogP contribution in [0.15, 0.2) is 57.9 Å². The predicted molar refractivity (Wildman–Crippen MR) is 113 cm³/mol. The number of carbonyl (C=O) groups is 1. The molecule has 1 N–H and O–H groups in total. The van der Waals surface area contributed by atoms with Crippen LogP contribution in [0, 0.1) is 0 Å². The van der Waals surface area contributed by atoms with E-state index in [1.807, 2.05) is 31.2 Å². The number of carbonyl (C=O) groups excluding carboxylic acids is 1. The van der Waals surface area contributed by atoms with Crippen LogP contribution in [-0.2, 0) is 14.8 Å². The fraction of sp³-hybridized carbons (Fsp3) is 0.350. The molecule has 1 amide bonds. The van der Waals surface area contributed by atoms with E-state index in [1.54, 1.807) is 26.0 Å². The number of ether oxygens (including phenoxy) is 1. The Morgan fingerprint density at radius 3 is 2.36 bits per heavy atom. The number of nitrogens with zero attached hydrogens (tertiary/aromatic N) is 1. The minimum Gasteiger partial charge on any atom is -0.484 e. The number of rotatable bonds is 9. The third kappa shape index (κ3) is 5.80. The average Bonchev–Trinajstić information content (AvgIpc) is 2.67. The van der Waals surface area contributed by atoms with Gasteiger partial charge in [-0.25, -0.2) is 8.42 Å². The van der Waals surface area contributed by atoms with E-state index in [1.165, 1.54) is 16.4 Å². The molecule has 0 radical (unpaired) electrons. The highest BCUT2D eigenvalue weighted by atomic mass is 79.9. The molecule has 0 aliphatic heterocycles. The summed E-state index contributed by atoms with van der Waals surface area (Å²) in [4.78, 5) is 12.3. The van der Waals surface area contributed by atoms with E-state index in [4.69, 9.17) is 4.74 Å². The van der Waals surface area contributed by atoms with Gasteiger partial charge in [0.1, 0.15) is 5.75 Å². The summed E-state index contributed by atoms with van der Waals surface area (Å²) in [6, 6.07) is 13.7. The standard InChI is InChI=1S/C20H25BrN2O4S/c1-4-23(5-2)28(25,26)19-11-9-18(10-12-19)27-14-20(24)22-15(3)16-7-6-8-17(21)13-16/h6-13,15H,4-5,14H2,1-3H3,(H,22,24)/t15-/m1/s1. The quantitative estimate of drug-likeness (QED) is 0.607. The summed E-state index contributed by atoms with van der Waals surface area (Å²) in [5.41, 5.74) is 0.980. The Kier molecular flexibility index (Phi) is 8.03. The fourth-order valence-electron chi connectivity index (χ4n) is 2.71. The summed E-state index contributed by atoms with van der Waals surface area (Å²) in [5.74, 6) is 0.177. The highest BCUT2D eigenvalue weighted by molar-refractivity contribution is 9.10. The molecule has 0 bridgehead atoms. The Morgan fingerprint density at radius 1 is 1.14 bits per heavy atom. The van der Waals surface area contributed by atoms with Crippen LogP contribution in [0.4, 0.5) is 0 Å². The summed E-state index contributed by atoms with van der Waals surface area (Å²) in [6.07, 6.45) is 0. The smallest absolute Gasteiger partial charge is 0.258 e. The zero-order chi connectivity index (χ0) is 20.7. The minimum atomic E-state index is -3.50. The van der Waals surface area contributed by atoms with Gasteiger partial charge in [0.05, 0.1) is 10.9 Å². The van der Waals surface area contributed by atoms with Crippen molar-refractivity contribution in [1.82, 2.24) is 9.62 Å². The lowest BCUT2D eigenvalue weighted by molar-refractivity contribution is -0.123. The molecule has 28 heavy (non-hydrogen) atoms. The zero-order valence-electron chi connectivity index (χ0n) is 16.2. The molecule has 1 atom stereocenters. The summed E-state index contributed by atoms with van der Waals surface area (Å²) >= 11 is 3.41. The number of benzene rings is 2. The van der Waals surface area contributed by atoms with Crippen molar-refractivity contribution in [1.29, 1.82) is 0 Å². The maximum Gasteiger partial charge on any atom is 0.258 e. The van der Waals surface area contributed by atoms with Gasteiger partial charge in [-0.15, -0.1) is 0 Å². The van der Waals surface area contributed by atoms with Crippen LogP contribution in [0.5, 0.6) is 5.75 Å². The topological polar surface area (TPSA) is 75.7 Å². The number of nitrogens with one attached hydrogen (secondary N) is 1. The van der Waals surface area contributed by atoms with Gasteiger partial charge >= 0.3 is 0 Å². The summed E-state index contributed by atoms with van der Waals surface area (Å²) < 4.78 is 32.8. The van der Waals surface area contributed by atoms with Crippen LogP contribution in [0.25, 0.3) is 0 Å². The van der Waals surface area contributed by atoms with E-state index < -0.39 is 10.0 Å². The molecule has 0 spiro atoms. The molecule has 0 unspecified atom stereocenters. The second kappa shape index (κ2) is 10.0. The van der Waals surface area contributed by atoms with Gasteiger partial charge in [-0.05, 0) is 48.9 Å². The van der Waals surface area contributed by atoms with Crippen molar-refractivity contribution in [3.8, 4) is 5.75 Å². The Hall–Kier alpha value is -1.90. The number of halogens is 1. The number of hydrogen-bond donors (Lipinski definition) is 1. The molecule has 0 saturated carbocycles. The molecule has 2 aromatic carbocycles. The number of amides is 1. The van der Waals surface area contributed by atoms with E-state index in [0.717, 1.165) is 10.0 Å². The molecule has 0 saturated heterocycles. The van der Waals surface area contributed by atoms with Crippen molar-refractivity contribution in [2.75, 3.05) is 19.7 Å². The monoisotopic (exact) mass is 468 g/mol. The molecule has 0 heterocycles. The first-order chi connectivity index (χ1) is 13.3. The van der Waals surface area contributed by atoms with Gasteiger partial charge in [-0.1, -0.05) is 41.9 Å². The average molecular weight is 469 g/mol. The van der Waals surface area contributed by atoms with E-state index in [9.17, 15) is 13.2 Å². The van der Waals surface area contributed by atoms with Gasteiger partial charge in [0, 0.05) is 17.6 Å². The maximum atomic E-state index is 12.5. The first-order valence-electron chi connectivity index (χ1n) is 9.05. The third-order valence-corrected chi connectivity index (χ3v) is 6.82. The molecule has 0 aliphatic rings. The van der Waals surface area contributed by atoms with Crippen LogP contribution >= 0.6 is 15.9 Å². The van der Waals surface area contributed by atoms with E-state index in [2.05, 4.69) is 21.2 Å². The van der Waals surface area contributed by atoms with E-state index in [0.29, 0.717) is 18.8 Å². The second-order valence-corrected chi connectivity index (χ2v) is 9.05. The molecular formula is C20H25BrN2O4S. The summed E-state index contributed by atoms with van der Waals surface area (Å²) in [5, 5.41) is 2.87. The Morgan fingerprint density at radius 2 is 1.79 bits per heavy atom. The van der Waals surface area contributed by atoms with Gasteiger partial charge < -0.3 is 10.1 Å². The van der Waals surface area contributed by atoms with Crippen molar-refractivity contribution in [2.24, 2.45) is 0 Å². The van der Waals surface area contributed by atoms with Gasteiger partial charge in [0.25, 0.3) is 5.91 Å².